The zero-order valence-corrected chi connectivity index (χ0v) is 16.0. The van der Waals surface area contributed by atoms with E-state index in [2.05, 4.69) is 27.4 Å². The van der Waals surface area contributed by atoms with Crippen molar-refractivity contribution in [1.29, 1.82) is 0 Å². The number of methoxy groups -OCH3 is 1. The Morgan fingerprint density at radius 2 is 1.90 bits per heavy atom. The Bertz CT molecular complexity index is 1020. The van der Waals surface area contributed by atoms with Gasteiger partial charge in [0.25, 0.3) is 0 Å². The molecule has 1 N–H and O–H groups in total. The molecule has 0 aliphatic carbocycles. The van der Waals surface area contributed by atoms with Crippen LogP contribution >= 0.6 is 0 Å². The summed E-state index contributed by atoms with van der Waals surface area (Å²) < 4.78 is 5.15. The van der Waals surface area contributed by atoms with E-state index in [0.29, 0.717) is 25.5 Å². The van der Waals surface area contributed by atoms with Crippen LogP contribution in [0.2, 0.25) is 0 Å². The van der Waals surface area contributed by atoms with E-state index in [1.165, 1.54) is 17.5 Å². The summed E-state index contributed by atoms with van der Waals surface area (Å²) in [5, 5.41) is 15.0. The van der Waals surface area contributed by atoms with Gasteiger partial charge in [-0.3, -0.25) is 10.1 Å². The predicted octanol–water partition coefficient (Wildman–Crippen LogP) is 3.57. The third kappa shape index (κ3) is 3.96. The number of nitrogens with zero attached hydrogens (tertiary/aromatic N) is 4. The first-order chi connectivity index (χ1) is 14.2. The number of ether oxygens (including phenoxy) is 1. The van der Waals surface area contributed by atoms with E-state index in [1.54, 1.807) is 7.11 Å². The number of rotatable bonds is 6. The Morgan fingerprint density at radius 3 is 2.62 bits per heavy atom. The summed E-state index contributed by atoms with van der Waals surface area (Å²) in [5.74, 6) is 1.32. The molecule has 2 aromatic carbocycles. The fourth-order valence-corrected chi connectivity index (χ4v) is 3.50. The van der Waals surface area contributed by atoms with E-state index >= 15 is 0 Å². The van der Waals surface area contributed by atoms with Crippen molar-refractivity contribution in [2.75, 3.05) is 23.9 Å². The standard InChI is InChI=1S/C21H21N5O3/c1-29-18-8-6-15(7-9-18)12-22-20-19(26(27)28)21(24-14-23-20)25-11-10-16-4-2-3-5-17(16)13-25/h2-9,14H,10-13H2,1H3,(H,22,23,24). The number of aromatic nitrogens is 2. The molecule has 148 valence electrons. The molecule has 0 bridgehead atoms. The summed E-state index contributed by atoms with van der Waals surface area (Å²) in [4.78, 5) is 21.8. The molecular weight excluding hydrogens is 370 g/mol. The lowest BCUT2D eigenvalue weighted by atomic mass is 10.00. The number of anilines is 2. The predicted molar refractivity (Wildman–Crippen MR) is 110 cm³/mol. The fraction of sp³-hybridized carbons (Fsp3) is 0.238. The second-order valence-electron chi connectivity index (χ2n) is 6.79. The van der Waals surface area contributed by atoms with Crippen LogP contribution in [0.15, 0.2) is 54.9 Å². The smallest absolute Gasteiger partial charge is 0.353 e. The number of fused-ring (bicyclic) bond motifs is 1. The Balaban J connectivity index is 1.58. The average Bonchev–Trinajstić information content (AvgIpc) is 2.77. The summed E-state index contributed by atoms with van der Waals surface area (Å²) >= 11 is 0. The van der Waals surface area contributed by atoms with Gasteiger partial charge < -0.3 is 15.0 Å². The van der Waals surface area contributed by atoms with Gasteiger partial charge in [-0.1, -0.05) is 36.4 Å². The second-order valence-corrected chi connectivity index (χ2v) is 6.79. The molecule has 8 heteroatoms. The molecule has 1 aromatic heterocycles. The van der Waals surface area contributed by atoms with E-state index < -0.39 is 4.92 Å². The Hall–Kier alpha value is -3.68. The quantitative estimate of drug-likeness (QED) is 0.507. The zero-order chi connectivity index (χ0) is 20.2. The van der Waals surface area contributed by atoms with E-state index in [4.69, 9.17) is 4.74 Å². The largest absolute Gasteiger partial charge is 0.497 e. The molecule has 0 fully saturated rings. The summed E-state index contributed by atoms with van der Waals surface area (Å²) in [5.41, 5.74) is 3.31. The molecule has 0 saturated heterocycles. The van der Waals surface area contributed by atoms with Gasteiger partial charge in [0.2, 0.25) is 11.6 Å². The van der Waals surface area contributed by atoms with Crippen molar-refractivity contribution in [2.45, 2.75) is 19.5 Å². The lowest BCUT2D eigenvalue weighted by Crippen LogP contribution is -2.31. The van der Waals surface area contributed by atoms with Gasteiger partial charge in [0.05, 0.1) is 12.0 Å². The molecule has 1 aliphatic rings. The molecular formula is C21H21N5O3. The van der Waals surface area contributed by atoms with Crippen molar-refractivity contribution >= 4 is 17.3 Å². The molecule has 4 rings (SSSR count). The van der Waals surface area contributed by atoms with Crippen LogP contribution in [0.5, 0.6) is 5.75 Å². The van der Waals surface area contributed by atoms with Crippen molar-refractivity contribution in [3.05, 3.63) is 81.7 Å². The lowest BCUT2D eigenvalue weighted by Gasteiger charge is -2.29. The van der Waals surface area contributed by atoms with E-state index in [1.807, 2.05) is 41.3 Å². The molecule has 3 aromatic rings. The molecule has 0 spiro atoms. The van der Waals surface area contributed by atoms with E-state index in [0.717, 1.165) is 17.7 Å². The SMILES string of the molecule is COc1ccc(CNc2ncnc(N3CCc4ccccc4C3)c2[N+](=O)[O-])cc1. The molecule has 0 amide bonds. The normalized spacial score (nSPS) is 12.9. The van der Waals surface area contributed by atoms with Crippen molar-refractivity contribution < 1.29 is 9.66 Å². The first-order valence-corrected chi connectivity index (χ1v) is 9.33. The number of hydrogen-bond donors (Lipinski definition) is 1. The maximum absolute atomic E-state index is 11.9. The van der Waals surface area contributed by atoms with Crippen molar-refractivity contribution in [3.8, 4) is 5.75 Å². The average molecular weight is 391 g/mol. The highest BCUT2D eigenvalue weighted by Crippen LogP contribution is 2.34. The summed E-state index contributed by atoms with van der Waals surface area (Å²) in [6.45, 7) is 1.67. The van der Waals surface area contributed by atoms with Crippen LogP contribution in [0.3, 0.4) is 0 Å². The molecule has 8 nitrogen and oxygen atoms in total. The molecule has 1 aliphatic heterocycles. The molecule has 0 saturated carbocycles. The number of benzene rings is 2. The van der Waals surface area contributed by atoms with Crippen LogP contribution in [0, 0.1) is 10.1 Å². The van der Waals surface area contributed by atoms with Gasteiger partial charge in [0, 0.05) is 19.6 Å². The van der Waals surface area contributed by atoms with Crippen LogP contribution in [0.1, 0.15) is 16.7 Å². The minimum atomic E-state index is -0.411. The summed E-state index contributed by atoms with van der Waals surface area (Å²) in [7, 11) is 1.61. The maximum atomic E-state index is 11.9. The highest BCUT2D eigenvalue weighted by Gasteiger charge is 2.29. The minimum Gasteiger partial charge on any atom is -0.497 e. The molecule has 0 atom stereocenters. The number of nitrogens with one attached hydrogen (secondary N) is 1. The monoisotopic (exact) mass is 391 g/mol. The second kappa shape index (κ2) is 8.14. The highest BCUT2D eigenvalue weighted by atomic mass is 16.6. The van der Waals surface area contributed by atoms with Crippen LogP contribution in [0.4, 0.5) is 17.3 Å². The maximum Gasteiger partial charge on any atom is 0.353 e. The number of hydrogen-bond acceptors (Lipinski definition) is 7. The van der Waals surface area contributed by atoms with Gasteiger partial charge in [-0.05, 0) is 35.2 Å². The van der Waals surface area contributed by atoms with Gasteiger partial charge in [-0.2, -0.15) is 0 Å². The first kappa shape index (κ1) is 18.7. The third-order valence-corrected chi connectivity index (χ3v) is 5.03. The van der Waals surface area contributed by atoms with Crippen LogP contribution in [-0.2, 0) is 19.5 Å². The number of nitro groups is 1. The topological polar surface area (TPSA) is 93.4 Å². The van der Waals surface area contributed by atoms with Crippen molar-refractivity contribution in [1.82, 2.24) is 9.97 Å². The molecule has 29 heavy (non-hydrogen) atoms. The Kier molecular flexibility index (Phi) is 5.24. The molecule has 0 radical (unpaired) electrons. The Morgan fingerprint density at radius 1 is 1.14 bits per heavy atom. The van der Waals surface area contributed by atoms with Crippen LogP contribution < -0.4 is 15.0 Å². The van der Waals surface area contributed by atoms with Gasteiger partial charge in [0.1, 0.15) is 12.1 Å². The van der Waals surface area contributed by atoms with Crippen LogP contribution in [0.25, 0.3) is 0 Å². The summed E-state index contributed by atoms with van der Waals surface area (Å²) in [6, 6.07) is 15.7. The van der Waals surface area contributed by atoms with Gasteiger partial charge >= 0.3 is 5.69 Å². The molecule has 0 unspecified atom stereocenters. The zero-order valence-electron chi connectivity index (χ0n) is 16.0. The fourth-order valence-electron chi connectivity index (χ4n) is 3.50. The summed E-state index contributed by atoms with van der Waals surface area (Å²) in [6.07, 6.45) is 2.20. The van der Waals surface area contributed by atoms with Gasteiger partial charge in [-0.25, -0.2) is 9.97 Å². The van der Waals surface area contributed by atoms with Crippen LogP contribution in [-0.4, -0.2) is 28.5 Å². The minimum absolute atomic E-state index is 0.0969. The van der Waals surface area contributed by atoms with Gasteiger partial charge in [0.15, 0.2) is 0 Å². The highest BCUT2D eigenvalue weighted by molar-refractivity contribution is 5.70. The van der Waals surface area contributed by atoms with Gasteiger partial charge in [-0.15, -0.1) is 0 Å². The third-order valence-electron chi connectivity index (χ3n) is 5.03. The first-order valence-electron chi connectivity index (χ1n) is 9.33. The van der Waals surface area contributed by atoms with E-state index in [9.17, 15) is 10.1 Å². The molecule has 2 heterocycles. The van der Waals surface area contributed by atoms with Crippen molar-refractivity contribution in [2.24, 2.45) is 0 Å². The Labute approximate surface area is 168 Å². The lowest BCUT2D eigenvalue weighted by molar-refractivity contribution is -0.383. The van der Waals surface area contributed by atoms with Crippen molar-refractivity contribution in [3.63, 3.8) is 0 Å². The van der Waals surface area contributed by atoms with E-state index in [-0.39, 0.29) is 11.5 Å².